The number of hydrogen-bond donors (Lipinski definition) is 0. The Balaban J connectivity index is 1.80. The average molecular weight is 376 g/mol. The van der Waals surface area contributed by atoms with E-state index in [1.165, 1.54) is 12.1 Å². The van der Waals surface area contributed by atoms with Gasteiger partial charge in [-0.25, -0.2) is 8.78 Å². The van der Waals surface area contributed by atoms with Gasteiger partial charge in [0, 0.05) is 37.3 Å². The molecule has 0 spiro atoms. The molecule has 27 heavy (non-hydrogen) atoms. The van der Waals surface area contributed by atoms with Gasteiger partial charge in [0.25, 0.3) is 0 Å². The number of halogens is 2. The molecule has 1 unspecified atom stereocenters. The van der Waals surface area contributed by atoms with Gasteiger partial charge in [0.1, 0.15) is 23.1 Å². The van der Waals surface area contributed by atoms with Crippen LogP contribution in [0.1, 0.15) is 12.5 Å². The van der Waals surface area contributed by atoms with Crippen LogP contribution >= 0.6 is 0 Å². The average Bonchev–Trinajstić information content (AvgIpc) is 2.67. The smallest absolute Gasteiger partial charge is 0.244 e. The number of methoxy groups -OCH3 is 2. The maximum absolute atomic E-state index is 14.0. The van der Waals surface area contributed by atoms with E-state index in [2.05, 4.69) is 0 Å². The van der Waals surface area contributed by atoms with Gasteiger partial charge in [-0.05, 0) is 25.1 Å². The maximum atomic E-state index is 14.0. The fourth-order valence-electron chi connectivity index (χ4n) is 3.25. The molecule has 1 saturated heterocycles. The van der Waals surface area contributed by atoms with Crippen LogP contribution in [0.15, 0.2) is 36.4 Å². The fraction of sp³-hybridized carbons (Fsp3) is 0.350. The second kappa shape index (κ2) is 7.92. The molecule has 1 atom stereocenters. The molecule has 0 N–H and O–H groups in total. The van der Waals surface area contributed by atoms with Crippen LogP contribution in [0, 0.1) is 11.6 Å². The van der Waals surface area contributed by atoms with E-state index in [9.17, 15) is 13.6 Å². The molecule has 0 aliphatic carbocycles. The molecule has 2 aromatic carbocycles. The zero-order chi connectivity index (χ0) is 19.6. The molecule has 0 saturated carbocycles. The van der Waals surface area contributed by atoms with E-state index in [1.54, 1.807) is 44.2 Å². The first kappa shape index (κ1) is 19.1. The highest BCUT2D eigenvalue weighted by molar-refractivity contribution is 5.99. The van der Waals surface area contributed by atoms with Gasteiger partial charge >= 0.3 is 0 Å². The number of piperazine rings is 1. The molecule has 2 aromatic rings. The number of nitrogens with zero attached hydrogens (tertiary/aromatic N) is 2. The Kier molecular flexibility index (Phi) is 5.60. The molecule has 1 amide bonds. The van der Waals surface area contributed by atoms with Crippen molar-refractivity contribution >= 4 is 11.6 Å². The Morgan fingerprint density at radius 2 is 1.85 bits per heavy atom. The molecule has 1 fully saturated rings. The lowest BCUT2D eigenvalue weighted by Crippen LogP contribution is -2.55. The summed E-state index contributed by atoms with van der Waals surface area (Å²) < 4.78 is 37.7. The molecule has 3 rings (SSSR count). The minimum absolute atomic E-state index is 0.115. The molecule has 7 heteroatoms. The minimum Gasteiger partial charge on any atom is -0.497 e. The number of anilines is 1. The summed E-state index contributed by atoms with van der Waals surface area (Å²) in [6.07, 6.45) is 0. The topological polar surface area (TPSA) is 42.0 Å². The molecule has 144 valence electrons. The van der Waals surface area contributed by atoms with E-state index >= 15 is 0 Å². The van der Waals surface area contributed by atoms with Crippen molar-refractivity contribution in [1.29, 1.82) is 0 Å². The van der Waals surface area contributed by atoms with Crippen molar-refractivity contribution in [2.75, 3.05) is 32.2 Å². The molecular formula is C20H22F2N2O3. The van der Waals surface area contributed by atoms with Gasteiger partial charge in [0.2, 0.25) is 5.91 Å². The summed E-state index contributed by atoms with van der Waals surface area (Å²) in [6.45, 7) is 2.99. The van der Waals surface area contributed by atoms with Crippen LogP contribution in [0.4, 0.5) is 14.5 Å². The number of carbonyl (C=O) groups is 1. The highest BCUT2D eigenvalue weighted by atomic mass is 19.1. The van der Waals surface area contributed by atoms with Crippen LogP contribution in [-0.4, -0.2) is 44.2 Å². The summed E-state index contributed by atoms with van der Waals surface area (Å²) in [5, 5.41) is 0. The predicted octanol–water partition coefficient (Wildman–Crippen LogP) is 3.22. The number of amides is 1. The molecule has 0 bridgehead atoms. The lowest BCUT2D eigenvalue weighted by molar-refractivity contribution is -0.125. The van der Waals surface area contributed by atoms with Gasteiger partial charge in [-0.15, -0.1) is 0 Å². The van der Waals surface area contributed by atoms with Crippen LogP contribution in [-0.2, 0) is 11.3 Å². The van der Waals surface area contributed by atoms with Crippen molar-refractivity contribution in [2.24, 2.45) is 0 Å². The maximum Gasteiger partial charge on any atom is 0.244 e. The largest absolute Gasteiger partial charge is 0.497 e. The van der Waals surface area contributed by atoms with Gasteiger partial charge in [0.15, 0.2) is 0 Å². The molecule has 1 aliphatic heterocycles. The van der Waals surface area contributed by atoms with E-state index in [4.69, 9.17) is 9.47 Å². The molecule has 1 heterocycles. The third kappa shape index (κ3) is 3.88. The Morgan fingerprint density at radius 3 is 2.52 bits per heavy atom. The molecule has 1 aliphatic rings. The monoisotopic (exact) mass is 376 g/mol. The second-order valence-corrected chi connectivity index (χ2v) is 6.41. The van der Waals surface area contributed by atoms with Crippen molar-refractivity contribution in [3.05, 3.63) is 53.6 Å². The first-order valence-electron chi connectivity index (χ1n) is 8.66. The van der Waals surface area contributed by atoms with Gasteiger partial charge < -0.3 is 14.4 Å². The third-order valence-electron chi connectivity index (χ3n) is 4.85. The number of rotatable bonds is 5. The molecule has 0 radical (unpaired) electrons. The van der Waals surface area contributed by atoms with Gasteiger partial charge in [0.05, 0.1) is 25.9 Å². The highest BCUT2D eigenvalue weighted by Gasteiger charge is 2.34. The lowest BCUT2D eigenvalue weighted by Gasteiger charge is -2.39. The lowest BCUT2D eigenvalue weighted by atomic mass is 10.1. The van der Waals surface area contributed by atoms with Crippen molar-refractivity contribution in [3.63, 3.8) is 0 Å². The number of carbonyl (C=O) groups excluding carboxylic acids is 1. The summed E-state index contributed by atoms with van der Waals surface area (Å²) >= 11 is 0. The minimum atomic E-state index is -0.615. The highest BCUT2D eigenvalue weighted by Crippen LogP contribution is 2.34. The number of hydrogen-bond acceptors (Lipinski definition) is 4. The van der Waals surface area contributed by atoms with Crippen LogP contribution < -0.4 is 14.4 Å². The summed E-state index contributed by atoms with van der Waals surface area (Å²) in [4.78, 5) is 16.5. The zero-order valence-electron chi connectivity index (χ0n) is 15.5. The Labute approximate surface area is 157 Å². The zero-order valence-corrected chi connectivity index (χ0v) is 15.5. The van der Waals surface area contributed by atoms with E-state index in [1.807, 2.05) is 4.90 Å². The predicted molar refractivity (Wildman–Crippen MR) is 98.1 cm³/mol. The molecular weight excluding hydrogens is 354 g/mol. The number of ether oxygens (including phenoxy) is 2. The summed E-state index contributed by atoms with van der Waals surface area (Å²) in [5.74, 6) is -0.131. The van der Waals surface area contributed by atoms with E-state index in [-0.39, 0.29) is 12.5 Å². The quantitative estimate of drug-likeness (QED) is 0.804. The van der Waals surface area contributed by atoms with Crippen LogP contribution in [0.2, 0.25) is 0 Å². The third-order valence-corrected chi connectivity index (χ3v) is 4.85. The second-order valence-electron chi connectivity index (χ2n) is 6.41. The van der Waals surface area contributed by atoms with E-state index < -0.39 is 17.7 Å². The van der Waals surface area contributed by atoms with Gasteiger partial charge in [-0.2, -0.15) is 0 Å². The van der Waals surface area contributed by atoms with Gasteiger partial charge in [-0.1, -0.05) is 6.07 Å². The Morgan fingerprint density at radius 1 is 1.07 bits per heavy atom. The van der Waals surface area contributed by atoms with Crippen LogP contribution in [0.25, 0.3) is 0 Å². The van der Waals surface area contributed by atoms with Gasteiger partial charge in [-0.3, -0.25) is 9.69 Å². The molecule has 5 nitrogen and oxygen atoms in total. The van der Waals surface area contributed by atoms with E-state index in [0.717, 1.165) is 6.07 Å². The van der Waals surface area contributed by atoms with E-state index in [0.29, 0.717) is 35.8 Å². The van der Waals surface area contributed by atoms with Crippen LogP contribution in [0.5, 0.6) is 11.5 Å². The van der Waals surface area contributed by atoms with Crippen molar-refractivity contribution in [3.8, 4) is 11.5 Å². The van der Waals surface area contributed by atoms with Crippen molar-refractivity contribution < 1.29 is 23.0 Å². The molecule has 0 aromatic heterocycles. The van der Waals surface area contributed by atoms with Crippen LogP contribution in [0.3, 0.4) is 0 Å². The normalized spacial score (nSPS) is 17.9. The first-order chi connectivity index (χ1) is 12.9. The summed E-state index contributed by atoms with van der Waals surface area (Å²) in [7, 11) is 3.11. The SMILES string of the molecule is COc1ccc(OC)c(N2CCN(Cc3ccc(F)cc3F)C(C)C2=O)c1. The van der Waals surface area contributed by atoms with Crippen molar-refractivity contribution in [1.82, 2.24) is 4.90 Å². The van der Waals surface area contributed by atoms with Crippen molar-refractivity contribution in [2.45, 2.75) is 19.5 Å². The standard InChI is InChI=1S/C20H22F2N2O3/c1-13-20(25)24(18-11-16(26-2)6-7-19(18)27-3)9-8-23(13)12-14-4-5-15(21)10-17(14)22/h4-7,10-11,13H,8-9,12H2,1-3H3. The summed E-state index contributed by atoms with van der Waals surface area (Å²) in [6, 6.07) is 8.33. The fourth-order valence-corrected chi connectivity index (χ4v) is 3.25. The summed E-state index contributed by atoms with van der Waals surface area (Å²) in [5.41, 5.74) is 1.00. The Bertz CT molecular complexity index is 844. The Hall–Kier alpha value is -2.67. The first-order valence-corrected chi connectivity index (χ1v) is 8.66. The number of benzene rings is 2.